The normalized spacial score (nSPS) is 11.9. The fourth-order valence-corrected chi connectivity index (χ4v) is 5.89. The zero-order valence-electron chi connectivity index (χ0n) is 27.0. The second-order valence-corrected chi connectivity index (χ2v) is 11.6. The number of hydrogen-bond donors (Lipinski definition) is 3. The van der Waals surface area contributed by atoms with Crippen LogP contribution < -0.4 is 16.0 Å². The molecule has 1 aromatic heterocycles. The molecule has 0 aliphatic heterocycles. The van der Waals surface area contributed by atoms with Gasteiger partial charge in [-0.1, -0.05) is 91.0 Å². The molecular weight excluding hydrogens is 641 g/mol. The highest BCUT2D eigenvalue weighted by atomic mass is 19.4. The Hall–Kier alpha value is -6.16. The van der Waals surface area contributed by atoms with Crippen LogP contribution in [0.2, 0.25) is 0 Å². The Labute approximate surface area is 286 Å². The summed E-state index contributed by atoms with van der Waals surface area (Å²) in [7, 11) is 0. The molecule has 6 rings (SSSR count). The number of halogens is 3. The van der Waals surface area contributed by atoms with E-state index in [1.54, 1.807) is 72.8 Å². The molecule has 0 fully saturated rings. The molecule has 3 amide bonds. The molecule has 252 valence electrons. The first-order valence-electron chi connectivity index (χ1n) is 16.0. The van der Waals surface area contributed by atoms with Gasteiger partial charge in [0.1, 0.15) is 11.7 Å². The summed E-state index contributed by atoms with van der Waals surface area (Å²) in [4.78, 5) is 40.7. The number of aryl methyl sites for hydroxylation is 1. The molecule has 0 bridgehead atoms. The molecule has 10 heteroatoms. The largest absolute Gasteiger partial charge is 0.416 e. The van der Waals surface area contributed by atoms with Gasteiger partial charge in [-0.25, -0.2) is 0 Å². The lowest BCUT2D eigenvalue weighted by molar-refractivity contribution is -0.137. The lowest BCUT2D eigenvalue weighted by atomic mass is 9.98. The van der Waals surface area contributed by atoms with Crippen LogP contribution in [-0.2, 0) is 24.1 Å². The zero-order valence-corrected chi connectivity index (χ0v) is 27.0. The van der Waals surface area contributed by atoms with E-state index in [2.05, 4.69) is 16.0 Å². The van der Waals surface area contributed by atoms with Crippen molar-refractivity contribution in [2.45, 2.75) is 32.2 Å². The molecule has 5 aromatic carbocycles. The summed E-state index contributed by atoms with van der Waals surface area (Å²) in [6, 6.07) is 35.9. The number of anilines is 1. The Morgan fingerprint density at radius 1 is 0.740 bits per heavy atom. The van der Waals surface area contributed by atoms with E-state index in [-0.39, 0.29) is 11.5 Å². The van der Waals surface area contributed by atoms with Crippen LogP contribution >= 0.6 is 0 Å². The maximum atomic E-state index is 13.8. The van der Waals surface area contributed by atoms with Gasteiger partial charge in [0.2, 0.25) is 5.91 Å². The van der Waals surface area contributed by atoms with E-state index in [1.165, 1.54) is 12.1 Å². The van der Waals surface area contributed by atoms with Crippen molar-refractivity contribution in [2.24, 2.45) is 0 Å². The van der Waals surface area contributed by atoms with Crippen LogP contribution in [-0.4, -0.2) is 22.3 Å². The summed E-state index contributed by atoms with van der Waals surface area (Å²) in [5.74, 6) is -1.24. The van der Waals surface area contributed by atoms with Crippen LogP contribution in [0.15, 0.2) is 133 Å². The molecule has 0 radical (unpaired) electrons. The number of rotatable bonds is 10. The van der Waals surface area contributed by atoms with E-state index in [1.807, 2.05) is 47.9 Å². The fourth-order valence-electron chi connectivity index (χ4n) is 5.89. The van der Waals surface area contributed by atoms with Gasteiger partial charge in [0, 0.05) is 35.2 Å². The van der Waals surface area contributed by atoms with Gasteiger partial charge in [-0.15, -0.1) is 0 Å². The standard InChI is InChI=1S/C40H33F3N4O3/c1-2-47-34-22-21-31(45-37(48)33-16-10-9-15-32(33)27-17-19-30(20-18-27)40(41,42)43)23-29(34)24-35(47)38(49)46-36(28-13-7-4-8-14-28)39(50)44-25-26-11-5-3-6-12-26/h3-24,36H,2,25H2,1H3,(H,44,50)(H,45,48)(H,46,49). The van der Waals surface area contributed by atoms with E-state index in [0.717, 1.165) is 23.2 Å². The van der Waals surface area contributed by atoms with Gasteiger partial charge in [-0.05, 0) is 71.6 Å². The van der Waals surface area contributed by atoms with Crippen molar-refractivity contribution in [1.29, 1.82) is 0 Å². The minimum atomic E-state index is -4.47. The number of nitrogens with zero attached hydrogens (tertiary/aromatic N) is 1. The van der Waals surface area contributed by atoms with Gasteiger partial charge >= 0.3 is 6.18 Å². The number of fused-ring (bicyclic) bond motifs is 1. The number of carbonyl (C=O) groups excluding carboxylic acids is 3. The number of carbonyl (C=O) groups is 3. The number of benzene rings is 5. The van der Waals surface area contributed by atoms with Crippen LogP contribution in [0.1, 0.15) is 50.5 Å². The third kappa shape index (κ3) is 7.44. The van der Waals surface area contributed by atoms with Gasteiger partial charge in [0.05, 0.1) is 5.56 Å². The smallest absolute Gasteiger partial charge is 0.350 e. The predicted octanol–water partition coefficient (Wildman–Crippen LogP) is 8.39. The van der Waals surface area contributed by atoms with Crippen LogP contribution in [0, 0.1) is 0 Å². The van der Waals surface area contributed by atoms with Crippen LogP contribution in [0.25, 0.3) is 22.0 Å². The van der Waals surface area contributed by atoms with E-state index in [4.69, 9.17) is 0 Å². The summed E-state index contributed by atoms with van der Waals surface area (Å²) in [5.41, 5.74) is 3.59. The monoisotopic (exact) mass is 674 g/mol. The van der Waals surface area contributed by atoms with Crippen molar-refractivity contribution in [2.75, 3.05) is 5.32 Å². The van der Waals surface area contributed by atoms with Gasteiger partial charge in [-0.2, -0.15) is 13.2 Å². The van der Waals surface area contributed by atoms with E-state index >= 15 is 0 Å². The number of alkyl halides is 3. The Morgan fingerprint density at radius 3 is 2.08 bits per heavy atom. The minimum absolute atomic E-state index is 0.288. The summed E-state index contributed by atoms with van der Waals surface area (Å²) in [6.07, 6.45) is -4.47. The second-order valence-electron chi connectivity index (χ2n) is 11.6. The average Bonchev–Trinajstić information content (AvgIpc) is 3.51. The highest BCUT2D eigenvalue weighted by Gasteiger charge is 2.30. The molecule has 0 aliphatic rings. The molecular formula is C40H33F3N4O3. The van der Waals surface area contributed by atoms with Crippen LogP contribution in [0.5, 0.6) is 0 Å². The SMILES string of the molecule is CCn1c(C(=O)NC(C(=O)NCc2ccccc2)c2ccccc2)cc2cc(NC(=O)c3ccccc3-c3ccc(C(F)(F)F)cc3)ccc21. The van der Waals surface area contributed by atoms with Gasteiger partial charge in [-0.3, -0.25) is 14.4 Å². The first kappa shape index (κ1) is 33.7. The molecule has 1 atom stereocenters. The van der Waals surface area contributed by atoms with Gasteiger partial charge < -0.3 is 20.5 Å². The number of nitrogens with one attached hydrogen (secondary N) is 3. The lowest BCUT2D eigenvalue weighted by Crippen LogP contribution is -2.40. The average molecular weight is 675 g/mol. The third-order valence-corrected chi connectivity index (χ3v) is 8.38. The molecule has 0 spiro atoms. The van der Waals surface area contributed by atoms with Crippen molar-refractivity contribution < 1.29 is 27.6 Å². The molecule has 0 saturated heterocycles. The van der Waals surface area contributed by atoms with Crippen LogP contribution in [0.4, 0.5) is 18.9 Å². The molecule has 50 heavy (non-hydrogen) atoms. The van der Waals surface area contributed by atoms with Crippen molar-refractivity contribution in [3.05, 3.63) is 161 Å². The first-order valence-corrected chi connectivity index (χ1v) is 16.0. The number of aromatic nitrogens is 1. The van der Waals surface area contributed by atoms with Crippen molar-refractivity contribution in [3.63, 3.8) is 0 Å². The zero-order chi connectivity index (χ0) is 35.3. The van der Waals surface area contributed by atoms with Crippen molar-refractivity contribution in [1.82, 2.24) is 15.2 Å². The van der Waals surface area contributed by atoms with E-state index in [0.29, 0.717) is 46.5 Å². The quantitative estimate of drug-likeness (QED) is 0.136. The van der Waals surface area contributed by atoms with Crippen molar-refractivity contribution >= 4 is 34.3 Å². The number of amides is 3. The lowest BCUT2D eigenvalue weighted by Gasteiger charge is -2.19. The summed E-state index contributed by atoms with van der Waals surface area (Å²) in [5, 5.41) is 9.42. The maximum Gasteiger partial charge on any atom is 0.416 e. The van der Waals surface area contributed by atoms with Gasteiger partial charge in [0.15, 0.2) is 0 Å². The Bertz CT molecular complexity index is 2140. The molecule has 3 N–H and O–H groups in total. The molecule has 7 nitrogen and oxygen atoms in total. The molecule has 1 heterocycles. The van der Waals surface area contributed by atoms with E-state index < -0.39 is 29.6 Å². The fraction of sp³-hybridized carbons (Fsp3) is 0.125. The summed E-state index contributed by atoms with van der Waals surface area (Å²) >= 11 is 0. The maximum absolute atomic E-state index is 13.8. The first-order chi connectivity index (χ1) is 24.1. The number of hydrogen-bond acceptors (Lipinski definition) is 3. The molecule has 1 unspecified atom stereocenters. The Kier molecular flexibility index (Phi) is 9.80. The Morgan fingerprint density at radius 2 is 1.40 bits per heavy atom. The Balaban J connectivity index is 1.23. The summed E-state index contributed by atoms with van der Waals surface area (Å²) in [6.45, 7) is 2.68. The predicted molar refractivity (Wildman–Crippen MR) is 187 cm³/mol. The highest BCUT2D eigenvalue weighted by molar-refractivity contribution is 6.09. The van der Waals surface area contributed by atoms with Gasteiger partial charge in [0.25, 0.3) is 11.8 Å². The van der Waals surface area contributed by atoms with Crippen molar-refractivity contribution in [3.8, 4) is 11.1 Å². The summed E-state index contributed by atoms with van der Waals surface area (Å²) < 4.78 is 41.2. The van der Waals surface area contributed by atoms with E-state index in [9.17, 15) is 27.6 Å². The third-order valence-electron chi connectivity index (χ3n) is 8.38. The van der Waals surface area contributed by atoms with Crippen LogP contribution in [0.3, 0.4) is 0 Å². The molecule has 0 saturated carbocycles. The molecule has 6 aromatic rings. The second kappa shape index (κ2) is 14.5. The highest BCUT2D eigenvalue weighted by Crippen LogP contribution is 2.32. The topological polar surface area (TPSA) is 92.2 Å². The minimum Gasteiger partial charge on any atom is -0.350 e. The molecule has 0 aliphatic carbocycles.